The number of hydrogen-bond acceptors (Lipinski definition) is 4. The molecule has 2 atom stereocenters. The minimum Gasteiger partial charge on any atom is -0.612 e. The fraction of sp³-hybridized carbons (Fsp3) is 0.357. The van der Waals surface area contributed by atoms with Crippen LogP contribution < -0.4 is 0 Å². The van der Waals surface area contributed by atoms with Crippen molar-refractivity contribution in [1.82, 2.24) is 5.16 Å². The summed E-state index contributed by atoms with van der Waals surface area (Å²) >= 11 is 5.09. The van der Waals surface area contributed by atoms with Gasteiger partial charge >= 0.3 is 0 Å². The number of halogens is 1. The summed E-state index contributed by atoms with van der Waals surface area (Å²) in [5.74, 6) is 1.11. The van der Waals surface area contributed by atoms with E-state index < -0.39 is 17.3 Å². The maximum absolute atomic E-state index is 11.4. The molecule has 2 aromatic rings. The second-order valence-corrected chi connectivity index (χ2v) is 6.75. The molecule has 1 fully saturated rings. The Hall–Kier alpha value is -1.01. The lowest BCUT2D eigenvalue weighted by Crippen LogP contribution is -2.04. The fourth-order valence-electron chi connectivity index (χ4n) is 2.19. The van der Waals surface area contributed by atoms with E-state index in [9.17, 15) is 9.66 Å². The van der Waals surface area contributed by atoms with E-state index in [-0.39, 0.29) is 0 Å². The average Bonchev–Trinajstić information content (AvgIpc) is 3.15. The van der Waals surface area contributed by atoms with Gasteiger partial charge in [-0.3, -0.25) is 0 Å². The van der Waals surface area contributed by atoms with Gasteiger partial charge < -0.3 is 14.2 Å². The molecule has 1 aliphatic carbocycles. The Labute approximate surface area is 124 Å². The molecule has 106 valence electrons. The Kier molecular flexibility index (Phi) is 3.77. The van der Waals surface area contributed by atoms with Crippen LogP contribution in [0.25, 0.3) is 0 Å². The van der Waals surface area contributed by atoms with Crippen molar-refractivity contribution in [3.05, 3.63) is 46.3 Å². The van der Waals surface area contributed by atoms with Crippen LogP contribution in [0.4, 0.5) is 0 Å². The van der Waals surface area contributed by atoms with Crippen LogP contribution in [-0.2, 0) is 11.2 Å². The minimum atomic E-state index is -1.10. The van der Waals surface area contributed by atoms with Crippen LogP contribution in [0, 0.1) is 0 Å². The molecule has 2 unspecified atom stereocenters. The average molecular weight is 312 g/mol. The number of aliphatic hydroxyl groups excluding tert-OH is 1. The molecule has 1 heterocycles. The largest absolute Gasteiger partial charge is 0.612 e. The molecule has 1 aliphatic rings. The van der Waals surface area contributed by atoms with Crippen LogP contribution in [0.2, 0.25) is 5.02 Å². The van der Waals surface area contributed by atoms with Gasteiger partial charge in [0, 0.05) is 23.1 Å². The zero-order valence-corrected chi connectivity index (χ0v) is 12.4. The lowest BCUT2D eigenvalue weighted by Gasteiger charge is -2.13. The summed E-state index contributed by atoms with van der Waals surface area (Å²) in [6.07, 6.45) is 4.39. The first-order valence-electron chi connectivity index (χ1n) is 6.33. The molecular weight excluding hydrogens is 298 g/mol. The number of aliphatic hydroxyl groups is 1. The van der Waals surface area contributed by atoms with Gasteiger partial charge in [-0.05, 0) is 36.2 Å². The molecule has 0 radical (unpaired) electrons. The molecule has 1 aromatic carbocycles. The molecule has 3 rings (SSSR count). The second-order valence-electron chi connectivity index (χ2n) is 4.96. The maximum Gasteiger partial charge on any atom is 0.153 e. The molecule has 0 saturated heterocycles. The maximum atomic E-state index is 11.4. The number of benzene rings is 1. The Morgan fingerprint density at radius 1 is 1.45 bits per heavy atom. The predicted octanol–water partition coefficient (Wildman–Crippen LogP) is 3.02. The number of rotatable bonds is 4. The van der Waals surface area contributed by atoms with Gasteiger partial charge in [-0.25, -0.2) is 0 Å². The Morgan fingerprint density at radius 3 is 2.80 bits per heavy atom. The smallest absolute Gasteiger partial charge is 0.153 e. The highest BCUT2D eigenvalue weighted by Crippen LogP contribution is 2.44. The summed E-state index contributed by atoms with van der Waals surface area (Å²) in [5, 5.41) is 14.7. The summed E-state index contributed by atoms with van der Waals surface area (Å²) in [4.78, 5) is 0.638. The molecule has 1 saturated carbocycles. The molecule has 1 N–H and O–H groups in total. The third-order valence-corrected chi connectivity index (χ3v) is 4.71. The summed E-state index contributed by atoms with van der Waals surface area (Å²) in [7, 11) is 0. The zero-order valence-electron chi connectivity index (χ0n) is 10.9. The first-order valence-corrected chi connectivity index (χ1v) is 8.27. The zero-order chi connectivity index (χ0) is 14.3. The lowest BCUT2D eigenvalue weighted by molar-refractivity contribution is 0.217. The van der Waals surface area contributed by atoms with E-state index in [1.165, 1.54) is 0 Å². The van der Waals surface area contributed by atoms with E-state index in [0.29, 0.717) is 27.0 Å². The van der Waals surface area contributed by atoms with Gasteiger partial charge in [-0.2, -0.15) is 0 Å². The van der Waals surface area contributed by atoms with Crippen molar-refractivity contribution in [3.8, 4) is 0 Å². The molecule has 1 aromatic heterocycles. The number of hydrogen-bond donors (Lipinski definition) is 1. The van der Waals surface area contributed by atoms with Crippen LogP contribution in [0.5, 0.6) is 0 Å². The Balaban J connectivity index is 1.93. The molecule has 4 nitrogen and oxygen atoms in total. The van der Waals surface area contributed by atoms with Gasteiger partial charge in [0.2, 0.25) is 0 Å². The van der Waals surface area contributed by atoms with E-state index in [4.69, 9.17) is 16.1 Å². The highest BCUT2D eigenvalue weighted by atomic mass is 35.5. The first-order chi connectivity index (χ1) is 9.58. The molecule has 0 bridgehead atoms. The van der Waals surface area contributed by atoms with Crippen molar-refractivity contribution in [1.29, 1.82) is 0 Å². The number of aromatic nitrogens is 1. The van der Waals surface area contributed by atoms with Crippen LogP contribution in [0.1, 0.15) is 41.8 Å². The lowest BCUT2D eigenvalue weighted by atomic mass is 10.0. The summed E-state index contributed by atoms with van der Waals surface area (Å²) in [6, 6.07) is 5.04. The van der Waals surface area contributed by atoms with Crippen LogP contribution >= 0.6 is 11.6 Å². The molecule has 20 heavy (non-hydrogen) atoms. The SMILES string of the molecule is C[S+]([O-])c1ccc(C(O)c2cnoc2C2CC2)c(Cl)c1. The normalized spacial score (nSPS) is 18.0. The van der Waals surface area contributed by atoms with Crippen LogP contribution in [-0.4, -0.2) is 21.1 Å². The highest BCUT2D eigenvalue weighted by Gasteiger charge is 2.33. The Bertz CT molecular complexity index is 625. The summed E-state index contributed by atoms with van der Waals surface area (Å²) in [6.45, 7) is 0. The molecular formula is C14H14ClNO3S. The second kappa shape index (κ2) is 5.41. The molecule has 6 heteroatoms. The van der Waals surface area contributed by atoms with Gasteiger partial charge in [0.05, 0.1) is 11.2 Å². The van der Waals surface area contributed by atoms with Crippen molar-refractivity contribution in [2.24, 2.45) is 0 Å². The molecule has 0 aliphatic heterocycles. The molecule has 0 amide bonds. The monoisotopic (exact) mass is 311 g/mol. The molecule has 0 spiro atoms. The van der Waals surface area contributed by atoms with Crippen LogP contribution in [0.3, 0.4) is 0 Å². The summed E-state index contributed by atoms with van der Waals surface area (Å²) in [5.41, 5.74) is 1.24. The van der Waals surface area contributed by atoms with Crippen molar-refractivity contribution in [3.63, 3.8) is 0 Å². The highest BCUT2D eigenvalue weighted by molar-refractivity contribution is 7.90. The third-order valence-electron chi connectivity index (χ3n) is 3.47. The predicted molar refractivity (Wildman–Crippen MR) is 76.3 cm³/mol. The van der Waals surface area contributed by atoms with E-state index in [0.717, 1.165) is 18.6 Å². The van der Waals surface area contributed by atoms with E-state index >= 15 is 0 Å². The van der Waals surface area contributed by atoms with Crippen molar-refractivity contribution in [2.75, 3.05) is 6.26 Å². The topological polar surface area (TPSA) is 69.3 Å². The van der Waals surface area contributed by atoms with Gasteiger partial charge in [-0.15, -0.1) is 0 Å². The van der Waals surface area contributed by atoms with E-state index in [1.54, 1.807) is 30.7 Å². The fourth-order valence-corrected chi connectivity index (χ4v) is 3.09. The van der Waals surface area contributed by atoms with Crippen LogP contribution in [0.15, 0.2) is 33.8 Å². The quantitative estimate of drug-likeness (QED) is 0.881. The third kappa shape index (κ3) is 2.59. The minimum absolute atomic E-state index is 0.364. The number of nitrogens with zero attached hydrogens (tertiary/aromatic N) is 1. The standard InChI is InChI=1S/C14H14ClNO3S/c1-20(18)9-4-5-10(12(15)6-9)13(17)11-7-16-19-14(11)8-2-3-8/h4-8,13,17H,2-3H2,1H3. The van der Waals surface area contributed by atoms with Crippen molar-refractivity contribution in [2.45, 2.75) is 29.8 Å². The van der Waals surface area contributed by atoms with Gasteiger partial charge in [0.15, 0.2) is 4.90 Å². The van der Waals surface area contributed by atoms with Gasteiger partial charge in [0.1, 0.15) is 18.1 Å². The first kappa shape index (κ1) is 13.9. The summed E-state index contributed by atoms with van der Waals surface area (Å²) < 4.78 is 16.7. The van der Waals surface area contributed by atoms with Gasteiger partial charge in [0.25, 0.3) is 0 Å². The Morgan fingerprint density at radius 2 is 2.20 bits per heavy atom. The van der Waals surface area contributed by atoms with Crippen molar-refractivity contribution >= 4 is 22.8 Å². The van der Waals surface area contributed by atoms with Gasteiger partial charge in [-0.1, -0.05) is 16.8 Å². The van der Waals surface area contributed by atoms with Crippen molar-refractivity contribution < 1.29 is 14.2 Å². The van der Waals surface area contributed by atoms with E-state index in [2.05, 4.69) is 5.16 Å². The van der Waals surface area contributed by atoms with E-state index in [1.807, 2.05) is 0 Å².